The Kier molecular flexibility index (Phi) is 2.15. The minimum Gasteiger partial charge on any atom is -0.303 e. The van der Waals surface area contributed by atoms with E-state index < -0.39 is 0 Å². The van der Waals surface area contributed by atoms with E-state index in [0.717, 1.165) is 11.2 Å². The highest BCUT2D eigenvalue weighted by Crippen LogP contribution is 2.29. The highest BCUT2D eigenvalue weighted by molar-refractivity contribution is 7.19. The lowest BCUT2D eigenvalue weighted by Gasteiger charge is -1.94. The van der Waals surface area contributed by atoms with Gasteiger partial charge in [0.05, 0.1) is 0 Å². The minimum atomic E-state index is 0.0254. The summed E-state index contributed by atoms with van der Waals surface area (Å²) in [7, 11) is 0. The summed E-state index contributed by atoms with van der Waals surface area (Å²) < 4.78 is 1.26. The number of carbonyl (C=O) groups is 1. The highest BCUT2D eigenvalue weighted by Gasteiger charge is 2.07. The molecule has 0 saturated heterocycles. The Labute approximate surface area is 81.0 Å². The van der Waals surface area contributed by atoms with Crippen molar-refractivity contribution in [1.29, 1.82) is 0 Å². The first kappa shape index (κ1) is 8.45. The molecule has 0 amide bonds. The van der Waals surface area contributed by atoms with Crippen LogP contribution in [0.25, 0.3) is 10.1 Å². The molecule has 0 aliphatic rings. The van der Waals surface area contributed by atoms with Gasteiger partial charge in [-0.1, -0.05) is 25.1 Å². The van der Waals surface area contributed by atoms with Gasteiger partial charge in [0.1, 0.15) is 6.29 Å². The molecule has 2 aromatic rings. The fraction of sp³-hybridized carbons (Fsp3) is 0.182. The molecule has 0 N–H and O–H groups in total. The molecule has 0 aliphatic heterocycles. The summed E-state index contributed by atoms with van der Waals surface area (Å²) in [5.41, 5.74) is 0. The van der Waals surface area contributed by atoms with E-state index in [2.05, 4.69) is 18.2 Å². The van der Waals surface area contributed by atoms with Gasteiger partial charge in [-0.3, -0.25) is 0 Å². The Balaban J connectivity index is 2.55. The van der Waals surface area contributed by atoms with Crippen LogP contribution >= 0.6 is 11.3 Å². The molecule has 0 aliphatic carbocycles. The van der Waals surface area contributed by atoms with Crippen LogP contribution in [0.4, 0.5) is 0 Å². The maximum atomic E-state index is 10.6. The van der Waals surface area contributed by atoms with Gasteiger partial charge in [-0.2, -0.15) is 0 Å². The van der Waals surface area contributed by atoms with Crippen molar-refractivity contribution < 1.29 is 4.79 Å². The van der Waals surface area contributed by atoms with Crippen LogP contribution in [0.2, 0.25) is 0 Å². The van der Waals surface area contributed by atoms with Gasteiger partial charge in [0.2, 0.25) is 0 Å². The van der Waals surface area contributed by atoms with Crippen LogP contribution in [0.15, 0.2) is 30.3 Å². The van der Waals surface area contributed by atoms with Crippen LogP contribution in [0, 0.1) is 0 Å². The van der Waals surface area contributed by atoms with E-state index in [9.17, 15) is 4.79 Å². The van der Waals surface area contributed by atoms with Gasteiger partial charge in [-0.15, -0.1) is 11.3 Å². The number of thiophene rings is 1. The van der Waals surface area contributed by atoms with Crippen molar-refractivity contribution in [2.24, 2.45) is 0 Å². The minimum absolute atomic E-state index is 0.0254. The molecule has 13 heavy (non-hydrogen) atoms. The molecule has 1 aromatic carbocycles. The zero-order chi connectivity index (χ0) is 9.26. The second kappa shape index (κ2) is 3.30. The first-order chi connectivity index (χ1) is 6.31. The summed E-state index contributed by atoms with van der Waals surface area (Å²) in [6.07, 6.45) is 0.991. The molecular weight excluding hydrogens is 180 g/mol. The fourth-order valence-electron chi connectivity index (χ4n) is 1.29. The maximum Gasteiger partial charge on any atom is 0.127 e. The summed E-state index contributed by atoms with van der Waals surface area (Å²) in [6, 6.07) is 10.3. The van der Waals surface area contributed by atoms with Gasteiger partial charge < -0.3 is 4.79 Å². The molecule has 66 valence electrons. The molecule has 2 rings (SSSR count). The molecule has 2 heteroatoms. The number of hydrogen-bond acceptors (Lipinski definition) is 2. The zero-order valence-corrected chi connectivity index (χ0v) is 8.17. The van der Waals surface area contributed by atoms with E-state index in [1.807, 2.05) is 19.1 Å². The molecule has 1 nitrogen and oxygen atoms in total. The monoisotopic (exact) mass is 190 g/mol. The molecule has 1 heterocycles. The molecule has 0 saturated carbocycles. The summed E-state index contributed by atoms with van der Waals surface area (Å²) in [4.78, 5) is 11.7. The third-order valence-electron chi connectivity index (χ3n) is 2.10. The number of hydrogen-bond donors (Lipinski definition) is 0. The summed E-state index contributed by atoms with van der Waals surface area (Å²) in [5.74, 6) is 0.0254. The van der Waals surface area contributed by atoms with E-state index in [0.29, 0.717) is 0 Å². The van der Waals surface area contributed by atoms with Crippen molar-refractivity contribution in [3.8, 4) is 0 Å². The Hall–Kier alpha value is -1.15. The normalized spacial score (nSPS) is 13.0. The van der Waals surface area contributed by atoms with Crippen molar-refractivity contribution in [3.05, 3.63) is 35.2 Å². The topological polar surface area (TPSA) is 17.1 Å². The van der Waals surface area contributed by atoms with Crippen molar-refractivity contribution >= 4 is 27.7 Å². The smallest absolute Gasteiger partial charge is 0.127 e. The lowest BCUT2D eigenvalue weighted by Crippen LogP contribution is -1.88. The molecule has 0 fully saturated rings. The second-order valence-electron chi connectivity index (χ2n) is 3.11. The Morgan fingerprint density at radius 3 is 2.85 bits per heavy atom. The summed E-state index contributed by atoms with van der Waals surface area (Å²) in [6.45, 7) is 1.93. The molecule has 1 aromatic heterocycles. The molecular formula is C11H10OS. The van der Waals surface area contributed by atoms with Crippen LogP contribution in [-0.4, -0.2) is 6.29 Å². The SMILES string of the molecule is CC(C=O)c1cc2ccccc2s1. The average Bonchev–Trinajstić information content (AvgIpc) is 2.59. The van der Waals surface area contributed by atoms with Crippen molar-refractivity contribution in [2.75, 3.05) is 0 Å². The van der Waals surface area contributed by atoms with Crippen molar-refractivity contribution in [1.82, 2.24) is 0 Å². The highest BCUT2D eigenvalue weighted by atomic mass is 32.1. The van der Waals surface area contributed by atoms with Gasteiger partial charge >= 0.3 is 0 Å². The Morgan fingerprint density at radius 2 is 2.15 bits per heavy atom. The zero-order valence-electron chi connectivity index (χ0n) is 7.36. The molecule has 0 spiro atoms. The van der Waals surface area contributed by atoms with E-state index >= 15 is 0 Å². The van der Waals surface area contributed by atoms with E-state index in [1.54, 1.807) is 11.3 Å². The number of aldehydes is 1. The number of rotatable bonds is 2. The first-order valence-corrected chi connectivity index (χ1v) is 5.06. The van der Waals surface area contributed by atoms with E-state index in [4.69, 9.17) is 0 Å². The van der Waals surface area contributed by atoms with Gasteiger partial charge in [0.15, 0.2) is 0 Å². The third kappa shape index (κ3) is 1.49. The van der Waals surface area contributed by atoms with Gasteiger partial charge in [-0.05, 0) is 17.5 Å². The lowest BCUT2D eigenvalue weighted by molar-refractivity contribution is -0.108. The Morgan fingerprint density at radius 1 is 1.38 bits per heavy atom. The lowest BCUT2D eigenvalue weighted by atomic mass is 10.1. The Bertz CT molecular complexity index is 397. The molecule has 0 radical (unpaired) electrons. The molecule has 1 unspecified atom stereocenters. The summed E-state index contributed by atoms with van der Waals surface area (Å²) in [5, 5.41) is 1.23. The number of carbonyl (C=O) groups excluding carboxylic acids is 1. The van der Waals surface area contributed by atoms with Crippen LogP contribution in [-0.2, 0) is 4.79 Å². The van der Waals surface area contributed by atoms with Crippen LogP contribution < -0.4 is 0 Å². The molecule has 1 atom stereocenters. The molecule has 0 bridgehead atoms. The van der Waals surface area contributed by atoms with Crippen LogP contribution in [0.1, 0.15) is 17.7 Å². The first-order valence-electron chi connectivity index (χ1n) is 4.25. The largest absolute Gasteiger partial charge is 0.303 e. The number of benzene rings is 1. The predicted molar refractivity (Wildman–Crippen MR) is 56.3 cm³/mol. The van der Waals surface area contributed by atoms with Crippen molar-refractivity contribution in [3.63, 3.8) is 0 Å². The standard InChI is InChI=1S/C11H10OS/c1-8(7-12)11-6-9-4-2-3-5-10(9)13-11/h2-8H,1H3. The quantitative estimate of drug-likeness (QED) is 0.664. The van der Waals surface area contributed by atoms with Gasteiger partial charge in [-0.25, -0.2) is 0 Å². The maximum absolute atomic E-state index is 10.6. The fourth-order valence-corrected chi connectivity index (χ4v) is 2.37. The number of fused-ring (bicyclic) bond motifs is 1. The average molecular weight is 190 g/mol. The van der Waals surface area contributed by atoms with Crippen molar-refractivity contribution in [2.45, 2.75) is 12.8 Å². The van der Waals surface area contributed by atoms with Gasteiger partial charge in [0, 0.05) is 15.5 Å². The second-order valence-corrected chi connectivity index (χ2v) is 4.23. The predicted octanol–water partition coefficient (Wildman–Crippen LogP) is 3.20. The van der Waals surface area contributed by atoms with Crippen LogP contribution in [0.5, 0.6) is 0 Å². The summed E-state index contributed by atoms with van der Waals surface area (Å²) >= 11 is 1.70. The van der Waals surface area contributed by atoms with E-state index in [1.165, 1.54) is 10.1 Å². The van der Waals surface area contributed by atoms with Gasteiger partial charge in [0.25, 0.3) is 0 Å². The van der Waals surface area contributed by atoms with Crippen LogP contribution in [0.3, 0.4) is 0 Å². The third-order valence-corrected chi connectivity index (χ3v) is 3.41. The van der Waals surface area contributed by atoms with E-state index in [-0.39, 0.29) is 5.92 Å².